The molecular formula is C9H5F3N2O3. The standard InChI is InChI=1S/C9H5F3N2O3/c10-9(11,12)13-7(15)14(17-8(13)16)6-4-2-1-3-5-6/h1-5H. The molecule has 0 spiro atoms. The third kappa shape index (κ3) is 1.88. The second-order valence-electron chi connectivity index (χ2n) is 3.07. The summed E-state index contributed by atoms with van der Waals surface area (Å²) in [6.07, 6.45) is -5.10. The lowest BCUT2D eigenvalue weighted by Crippen LogP contribution is -2.37. The van der Waals surface area contributed by atoms with Gasteiger partial charge in [0.25, 0.3) is 0 Å². The fourth-order valence-corrected chi connectivity index (χ4v) is 1.27. The van der Waals surface area contributed by atoms with Gasteiger partial charge in [-0.1, -0.05) is 18.2 Å². The Balaban J connectivity index is 2.69. The molecule has 0 saturated carbocycles. The quantitative estimate of drug-likeness (QED) is 0.756. The van der Waals surface area contributed by atoms with Gasteiger partial charge in [0.05, 0.1) is 5.69 Å². The predicted molar refractivity (Wildman–Crippen MR) is 49.9 cm³/mol. The number of rotatable bonds is 1. The van der Waals surface area contributed by atoms with Crippen molar-refractivity contribution < 1.29 is 17.7 Å². The van der Waals surface area contributed by atoms with Crippen LogP contribution in [0.25, 0.3) is 5.69 Å². The van der Waals surface area contributed by atoms with Gasteiger partial charge in [0.15, 0.2) is 0 Å². The molecule has 5 nitrogen and oxygen atoms in total. The number of nitrogens with zero attached hydrogens (tertiary/aromatic N) is 2. The minimum absolute atomic E-state index is 0.0394. The normalized spacial score (nSPS) is 11.7. The molecule has 2 aromatic rings. The molecule has 1 aromatic carbocycles. The Morgan fingerprint density at radius 3 is 2.12 bits per heavy atom. The summed E-state index contributed by atoms with van der Waals surface area (Å²) in [6.45, 7) is 0. The van der Waals surface area contributed by atoms with Crippen molar-refractivity contribution in [2.75, 3.05) is 0 Å². The Kier molecular flexibility index (Phi) is 2.41. The Bertz CT molecular complexity index is 636. The van der Waals surface area contributed by atoms with Crippen LogP contribution in [-0.4, -0.2) is 9.31 Å². The van der Waals surface area contributed by atoms with Crippen LogP contribution >= 0.6 is 0 Å². The van der Waals surface area contributed by atoms with Crippen LogP contribution in [0.4, 0.5) is 13.2 Å². The average molecular weight is 246 g/mol. The van der Waals surface area contributed by atoms with E-state index in [4.69, 9.17) is 0 Å². The van der Waals surface area contributed by atoms with Gasteiger partial charge in [-0.15, -0.1) is 22.5 Å². The van der Waals surface area contributed by atoms with Crippen molar-refractivity contribution >= 4 is 0 Å². The summed E-state index contributed by atoms with van der Waals surface area (Å²) in [5.41, 5.74) is -1.55. The molecular weight excluding hydrogens is 241 g/mol. The first-order chi connectivity index (χ1) is 7.91. The largest absolute Gasteiger partial charge is 0.498 e. The molecule has 0 bridgehead atoms. The van der Waals surface area contributed by atoms with Gasteiger partial charge in [0.1, 0.15) is 0 Å². The zero-order valence-electron chi connectivity index (χ0n) is 8.14. The van der Waals surface area contributed by atoms with Gasteiger partial charge in [-0.25, -0.2) is 9.59 Å². The summed E-state index contributed by atoms with van der Waals surface area (Å²) >= 11 is 0. The van der Waals surface area contributed by atoms with Crippen molar-refractivity contribution in [2.45, 2.75) is 6.30 Å². The Morgan fingerprint density at radius 2 is 1.65 bits per heavy atom. The minimum Gasteiger partial charge on any atom is -0.311 e. The van der Waals surface area contributed by atoms with E-state index < -0.39 is 22.3 Å². The van der Waals surface area contributed by atoms with Crippen LogP contribution in [0.2, 0.25) is 0 Å². The van der Waals surface area contributed by atoms with Crippen LogP contribution in [-0.2, 0) is 6.30 Å². The number of halogens is 3. The highest BCUT2D eigenvalue weighted by Crippen LogP contribution is 2.17. The van der Waals surface area contributed by atoms with Gasteiger partial charge in [-0.3, -0.25) is 0 Å². The van der Waals surface area contributed by atoms with E-state index in [-0.39, 0.29) is 10.4 Å². The maximum Gasteiger partial charge on any atom is 0.498 e. The van der Waals surface area contributed by atoms with E-state index >= 15 is 0 Å². The molecule has 90 valence electrons. The number of para-hydroxylation sites is 1. The SMILES string of the molecule is O=c1on(-c2ccccc2)c(=O)n1C(F)(F)F. The number of hydrogen-bond donors (Lipinski definition) is 0. The molecule has 8 heteroatoms. The summed E-state index contributed by atoms with van der Waals surface area (Å²) < 4.78 is 40.6. The van der Waals surface area contributed by atoms with Crippen LogP contribution in [0.1, 0.15) is 0 Å². The molecule has 1 aromatic heterocycles. The molecule has 0 amide bonds. The van der Waals surface area contributed by atoms with Gasteiger partial charge < -0.3 is 4.52 Å². The molecule has 1 heterocycles. The van der Waals surface area contributed by atoms with E-state index in [9.17, 15) is 22.8 Å². The van der Waals surface area contributed by atoms with Crippen molar-refractivity contribution in [2.24, 2.45) is 0 Å². The van der Waals surface area contributed by atoms with E-state index in [1.54, 1.807) is 6.07 Å². The fraction of sp³-hybridized carbons (Fsp3) is 0.111. The molecule has 2 rings (SSSR count). The smallest absolute Gasteiger partial charge is 0.311 e. The summed E-state index contributed by atoms with van der Waals surface area (Å²) in [5.74, 6) is -1.77. The molecule has 0 atom stereocenters. The Labute approximate surface area is 91.3 Å². The molecule has 0 fully saturated rings. The van der Waals surface area contributed by atoms with E-state index in [1.165, 1.54) is 24.3 Å². The van der Waals surface area contributed by atoms with Crippen molar-refractivity contribution in [1.82, 2.24) is 9.31 Å². The Morgan fingerprint density at radius 1 is 1.06 bits per heavy atom. The Hall–Kier alpha value is -2.25. The predicted octanol–water partition coefficient (Wildman–Crippen LogP) is 1.07. The molecule has 17 heavy (non-hydrogen) atoms. The number of hydrogen-bond acceptors (Lipinski definition) is 3. The molecule has 0 radical (unpaired) electrons. The third-order valence-corrected chi connectivity index (χ3v) is 1.96. The first-order valence-electron chi connectivity index (χ1n) is 4.39. The van der Waals surface area contributed by atoms with Gasteiger partial charge in [-0.05, 0) is 12.1 Å². The molecule has 0 aliphatic rings. The fourth-order valence-electron chi connectivity index (χ4n) is 1.27. The highest BCUT2D eigenvalue weighted by Gasteiger charge is 2.38. The number of benzene rings is 1. The van der Waals surface area contributed by atoms with Crippen LogP contribution < -0.4 is 11.4 Å². The third-order valence-electron chi connectivity index (χ3n) is 1.96. The maximum absolute atomic E-state index is 12.3. The zero-order valence-corrected chi connectivity index (χ0v) is 8.14. The van der Waals surface area contributed by atoms with Crippen molar-refractivity contribution in [3.63, 3.8) is 0 Å². The van der Waals surface area contributed by atoms with E-state index in [2.05, 4.69) is 4.52 Å². The lowest BCUT2D eigenvalue weighted by atomic mass is 10.3. The monoisotopic (exact) mass is 246 g/mol. The van der Waals surface area contributed by atoms with E-state index in [0.29, 0.717) is 0 Å². The van der Waals surface area contributed by atoms with Crippen LogP contribution in [0.3, 0.4) is 0 Å². The molecule has 0 unspecified atom stereocenters. The first kappa shape index (κ1) is 11.2. The lowest BCUT2D eigenvalue weighted by Gasteiger charge is -2.01. The second-order valence-corrected chi connectivity index (χ2v) is 3.07. The summed E-state index contributed by atoms with van der Waals surface area (Å²) in [6, 6.07) is 7.27. The van der Waals surface area contributed by atoms with Gasteiger partial charge >= 0.3 is 17.7 Å². The highest BCUT2D eigenvalue weighted by molar-refractivity contribution is 5.28. The number of alkyl halides is 3. The van der Waals surface area contributed by atoms with Crippen molar-refractivity contribution in [3.05, 3.63) is 51.4 Å². The summed E-state index contributed by atoms with van der Waals surface area (Å²) in [7, 11) is 0. The molecule has 0 aliphatic heterocycles. The van der Waals surface area contributed by atoms with E-state index in [1.807, 2.05) is 0 Å². The lowest BCUT2D eigenvalue weighted by molar-refractivity contribution is -0.209. The van der Waals surface area contributed by atoms with Crippen molar-refractivity contribution in [1.29, 1.82) is 0 Å². The topological polar surface area (TPSA) is 57.1 Å². The highest BCUT2D eigenvalue weighted by atomic mass is 19.4. The van der Waals surface area contributed by atoms with Crippen LogP contribution in [0, 0.1) is 0 Å². The summed E-state index contributed by atoms with van der Waals surface area (Å²) in [4.78, 5) is 22.3. The first-order valence-corrected chi connectivity index (χ1v) is 4.39. The molecule has 0 saturated heterocycles. The van der Waals surface area contributed by atoms with Gasteiger partial charge in [0.2, 0.25) is 0 Å². The van der Waals surface area contributed by atoms with Crippen LogP contribution in [0.15, 0.2) is 44.4 Å². The number of aromatic nitrogens is 2. The van der Waals surface area contributed by atoms with Gasteiger partial charge in [0, 0.05) is 0 Å². The summed E-state index contributed by atoms with van der Waals surface area (Å²) in [5, 5.41) is 0. The van der Waals surface area contributed by atoms with Crippen LogP contribution in [0.5, 0.6) is 0 Å². The van der Waals surface area contributed by atoms with Gasteiger partial charge in [-0.2, -0.15) is 0 Å². The molecule has 0 N–H and O–H groups in total. The minimum atomic E-state index is -5.10. The van der Waals surface area contributed by atoms with Crippen molar-refractivity contribution in [3.8, 4) is 5.69 Å². The average Bonchev–Trinajstić information content (AvgIpc) is 2.54. The second kappa shape index (κ2) is 3.65. The molecule has 0 aliphatic carbocycles. The maximum atomic E-state index is 12.3. The zero-order chi connectivity index (χ0) is 12.6. The van der Waals surface area contributed by atoms with E-state index in [0.717, 1.165) is 0 Å².